The molecule has 1 aromatic carbocycles. The number of para-hydroxylation sites is 1. The van der Waals surface area contributed by atoms with Gasteiger partial charge in [0.2, 0.25) is 0 Å². The maximum Gasteiger partial charge on any atom is 0.260 e. The predicted molar refractivity (Wildman–Crippen MR) is 95.8 cm³/mol. The summed E-state index contributed by atoms with van der Waals surface area (Å²) < 4.78 is 1.67. The normalized spacial score (nSPS) is 10.8. The lowest BCUT2D eigenvalue weighted by Gasteiger charge is -2.06. The summed E-state index contributed by atoms with van der Waals surface area (Å²) in [6.45, 7) is 1.84. The first-order chi connectivity index (χ1) is 12.2. The average molecular weight is 329 g/mol. The van der Waals surface area contributed by atoms with Gasteiger partial charge in [0.15, 0.2) is 5.82 Å². The number of hydrogen-bond acceptors (Lipinski definition) is 4. The van der Waals surface area contributed by atoms with Crippen molar-refractivity contribution in [1.29, 1.82) is 0 Å². The van der Waals surface area contributed by atoms with E-state index in [9.17, 15) is 4.79 Å². The Morgan fingerprint density at radius 2 is 1.88 bits per heavy atom. The van der Waals surface area contributed by atoms with Crippen LogP contribution in [0.1, 0.15) is 16.1 Å². The highest BCUT2D eigenvalue weighted by molar-refractivity contribution is 6.04. The molecule has 3 aromatic heterocycles. The number of nitrogens with zero attached hydrogens (tertiary/aromatic N) is 4. The van der Waals surface area contributed by atoms with Crippen molar-refractivity contribution in [1.82, 2.24) is 19.7 Å². The van der Waals surface area contributed by atoms with Crippen LogP contribution in [-0.2, 0) is 0 Å². The lowest BCUT2D eigenvalue weighted by atomic mass is 10.2. The summed E-state index contributed by atoms with van der Waals surface area (Å²) in [6, 6.07) is 17.1. The standard InChI is InChI=1S/C19H15N5O/c1-13-15(19(25)23-17-8-4-5-11-20-17)12-21-24(13)18-10-9-14-6-2-3-7-16(14)22-18/h2-12H,1H3,(H,20,23,25). The van der Waals surface area contributed by atoms with E-state index in [0.717, 1.165) is 16.6 Å². The Bertz CT molecular complexity index is 1060. The fourth-order valence-corrected chi connectivity index (χ4v) is 2.66. The highest BCUT2D eigenvalue weighted by Gasteiger charge is 2.16. The minimum Gasteiger partial charge on any atom is -0.306 e. The molecule has 0 aliphatic carbocycles. The van der Waals surface area contributed by atoms with Crippen LogP contribution in [-0.4, -0.2) is 25.7 Å². The molecule has 0 radical (unpaired) electrons. The molecule has 4 aromatic rings. The Kier molecular flexibility index (Phi) is 3.70. The van der Waals surface area contributed by atoms with Gasteiger partial charge in [-0.05, 0) is 37.3 Å². The lowest BCUT2D eigenvalue weighted by molar-refractivity contribution is 0.102. The van der Waals surface area contributed by atoms with Gasteiger partial charge in [0.25, 0.3) is 5.91 Å². The van der Waals surface area contributed by atoms with Crippen LogP contribution in [0.5, 0.6) is 0 Å². The molecule has 0 fully saturated rings. The first kappa shape index (κ1) is 15.0. The molecule has 0 atom stereocenters. The molecule has 3 heterocycles. The summed E-state index contributed by atoms with van der Waals surface area (Å²) in [5.74, 6) is 0.930. The first-order valence-electron chi connectivity index (χ1n) is 7.85. The van der Waals surface area contributed by atoms with Crippen molar-refractivity contribution in [3.63, 3.8) is 0 Å². The van der Waals surface area contributed by atoms with Crippen molar-refractivity contribution in [2.24, 2.45) is 0 Å². The van der Waals surface area contributed by atoms with E-state index >= 15 is 0 Å². The largest absolute Gasteiger partial charge is 0.306 e. The summed E-state index contributed by atoms with van der Waals surface area (Å²) >= 11 is 0. The van der Waals surface area contributed by atoms with Gasteiger partial charge in [-0.1, -0.05) is 24.3 Å². The molecule has 122 valence electrons. The molecule has 0 unspecified atom stereocenters. The van der Waals surface area contributed by atoms with Crippen LogP contribution in [0.25, 0.3) is 16.7 Å². The number of benzene rings is 1. The van der Waals surface area contributed by atoms with Crippen molar-refractivity contribution in [3.8, 4) is 5.82 Å². The Morgan fingerprint density at radius 3 is 2.72 bits per heavy atom. The molecule has 25 heavy (non-hydrogen) atoms. The van der Waals surface area contributed by atoms with Crippen molar-refractivity contribution in [2.45, 2.75) is 6.92 Å². The fraction of sp³-hybridized carbons (Fsp3) is 0.0526. The van der Waals surface area contributed by atoms with Gasteiger partial charge in [-0.25, -0.2) is 14.6 Å². The zero-order valence-corrected chi connectivity index (χ0v) is 13.5. The van der Waals surface area contributed by atoms with Crippen LogP contribution < -0.4 is 5.32 Å². The van der Waals surface area contributed by atoms with E-state index in [4.69, 9.17) is 0 Å². The molecule has 0 saturated carbocycles. The topological polar surface area (TPSA) is 72.7 Å². The van der Waals surface area contributed by atoms with E-state index in [1.165, 1.54) is 0 Å². The number of pyridine rings is 2. The van der Waals surface area contributed by atoms with Crippen molar-refractivity contribution in [3.05, 3.63) is 78.2 Å². The van der Waals surface area contributed by atoms with Gasteiger partial charge in [-0.3, -0.25) is 4.79 Å². The minimum absolute atomic E-state index is 0.247. The van der Waals surface area contributed by atoms with Crippen LogP contribution in [0.3, 0.4) is 0 Å². The SMILES string of the molecule is Cc1c(C(=O)Nc2ccccn2)cnn1-c1ccc2ccccc2n1. The molecule has 4 rings (SSSR count). The van der Waals surface area contributed by atoms with E-state index in [-0.39, 0.29) is 5.91 Å². The van der Waals surface area contributed by atoms with Gasteiger partial charge >= 0.3 is 0 Å². The summed E-state index contributed by atoms with van der Waals surface area (Å²) in [7, 11) is 0. The van der Waals surface area contributed by atoms with E-state index in [1.807, 2.05) is 49.4 Å². The zero-order chi connectivity index (χ0) is 17.2. The van der Waals surface area contributed by atoms with Crippen LogP contribution >= 0.6 is 0 Å². The number of rotatable bonds is 3. The molecule has 1 N–H and O–H groups in total. The van der Waals surface area contributed by atoms with Gasteiger partial charge in [-0.15, -0.1) is 0 Å². The first-order valence-corrected chi connectivity index (χ1v) is 7.85. The maximum atomic E-state index is 12.5. The van der Waals surface area contributed by atoms with Gasteiger partial charge in [0, 0.05) is 11.6 Å². The second kappa shape index (κ2) is 6.16. The quantitative estimate of drug-likeness (QED) is 0.625. The van der Waals surface area contributed by atoms with Crippen molar-refractivity contribution in [2.75, 3.05) is 5.32 Å². The Hall–Kier alpha value is -3.54. The number of anilines is 1. The zero-order valence-electron chi connectivity index (χ0n) is 13.5. The Balaban J connectivity index is 1.67. The Labute approximate surface area is 144 Å². The number of carbonyl (C=O) groups excluding carboxylic acids is 1. The third-order valence-corrected chi connectivity index (χ3v) is 3.96. The van der Waals surface area contributed by atoms with Gasteiger partial charge < -0.3 is 5.32 Å². The number of carbonyl (C=O) groups is 1. The molecule has 6 nitrogen and oxygen atoms in total. The average Bonchev–Trinajstić information content (AvgIpc) is 3.04. The highest BCUT2D eigenvalue weighted by Crippen LogP contribution is 2.17. The second-order valence-electron chi connectivity index (χ2n) is 5.59. The third-order valence-electron chi connectivity index (χ3n) is 3.96. The minimum atomic E-state index is -0.247. The molecular weight excluding hydrogens is 314 g/mol. The van der Waals surface area contributed by atoms with Crippen LogP contribution in [0.15, 0.2) is 67.0 Å². The van der Waals surface area contributed by atoms with Gasteiger partial charge in [-0.2, -0.15) is 5.10 Å². The van der Waals surface area contributed by atoms with Gasteiger partial charge in [0.1, 0.15) is 5.82 Å². The number of nitrogens with one attached hydrogen (secondary N) is 1. The Morgan fingerprint density at radius 1 is 1.04 bits per heavy atom. The number of fused-ring (bicyclic) bond motifs is 1. The van der Waals surface area contributed by atoms with E-state index < -0.39 is 0 Å². The lowest BCUT2D eigenvalue weighted by Crippen LogP contribution is -2.14. The molecular formula is C19H15N5O. The summed E-state index contributed by atoms with van der Waals surface area (Å²) in [4.78, 5) is 21.2. The molecule has 0 aliphatic heterocycles. The molecule has 0 aliphatic rings. The maximum absolute atomic E-state index is 12.5. The van der Waals surface area contributed by atoms with Crippen molar-refractivity contribution < 1.29 is 4.79 Å². The molecule has 0 spiro atoms. The smallest absolute Gasteiger partial charge is 0.260 e. The van der Waals surface area contributed by atoms with Crippen LogP contribution in [0.2, 0.25) is 0 Å². The molecule has 1 amide bonds. The second-order valence-corrected chi connectivity index (χ2v) is 5.59. The van der Waals surface area contributed by atoms with Gasteiger partial charge in [0.05, 0.1) is 23.0 Å². The molecule has 0 bridgehead atoms. The number of amides is 1. The summed E-state index contributed by atoms with van der Waals surface area (Å²) in [5, 5.41) is 8.16. The third kappa shape index (κ3) is 2.85. The monoisotopic (exact) mass is 329 g/mol. The number of hydrogen-bond donors (Lipinski definition) is 1. The fourth-order valence-electron chi connectivity index (χ4n) is 2.66. The molecule has 6 heteroatoms. The van der Waals surface area contributed by atoms with E-state index in [1.54, 1.807) is 29.2 Å². The highest BCUT2D eigenvalue weighted by atomic mass is 16.1. The van der Waals surface area contributed by atoms with Crippen LogP contribution in [0.4, 0.5) is 5.82 Å². The van der Waals surface area contributed by atoms with E-state index in [2.05, 4.69) is 20.4 Å². The summed E-state index contributed by atoms with van der Waals surface area (Å²) in [5.41, 5.74) is 2.09. The summed E-state index contributed by atoms with van der Waals surface area (Å²) in [6.07, 6.45) is 3.18. The van der Waals surface area contributed by atoms with E-state index in [0.29, 0.717) is 17.2 Å². The number of aromatic nitrogens is 4. The predicted octanol–water partition coefficient (Wildman–Crippen LogP) is 3.38. The van der Waals surface area contributed by atoms with Crippen LogP contribution in [0, 0.1) is 6.92 Å². The van der Waals surface area contributed by atoms with Crippen molar-refractivity contribution >= 4 is 22.6 Å². The molecule has 0 saturated heterocycles.